The highest BCUT2D eigenvalue weighted by Crippen LogP contribution is 2.48. The van der Waals surface area contributed by atoms with Crippen LogP contribution in [0.25, 0.3) is 0 Å². The molecule has 20 heavy (non-hydrogen) atoms. The second kappa shape index (κ2) is 5.00. The first-order valence-electron chi connectivity index (χ1n) is 6.98. The molecule has 0 spiro atoms. The number of methoxy groups -OCH3 is 1. The Bertz CT molecular complexity index is 524. The van der Waals surface area contributed by atoms with Crippen molar-refractivity contribution in [3.8, 4) is 5.75 Å². The highest BCUT2D eigenvalue weighted by Gasteiger charge is 2.42. The Morgan fingerprint density at radius 3 is 2.70 bits per heavy atom. The Morgan fingerprint density at radius 2 is 2.15 bits per heavy atom. The van der Waals surface area contributed by atoms with Crippen LogP contribution >= 0.6 is 0 Å². The summed E-state index contributed by atoms with van der Waals surface area (Å²) in [5.74, 6) is 0.312. The summed E-state index contributed by atoms with van der Waals surface area (Å²) in [5.41, 5.74) is 1.87. The second-order valence-corrected chi connectivity index (χ2v) is 6.20. The van der Waals surface area contributed by atoms with Crippen molar-refractivity contribution >= 4 is 11.7 Å². The Morgan fingerprint density at radius 1 is 1.50 bits per heavy atom. The maximum atomic E-state index is 11.5. The van der Waals surface area contributed by atoms with Gasteiger partial charge in [0.15, 0.2) is 0 Å². The summed E-state index contributed by atoms with van der Waals surface area (Å²) in [6, 6.07) is 5.34. The average molecular weight is 277 g/mol. The topological polar surface area (TPSA) is 49.8 Å². The van der Waals surface area contributed by atoms with Crippen LogP contribution in [0.4, 0.5) is 5.69 Å². The van der Waals surface area contributed by atoms with E-state index >= 15 is 0 Å². The zero-order valence-corrected chi connectivity index (χ0v) is 12.8. The third kappa shape index (κ3) is 2.23. The summed E-state index contributed by atoms with van der Waals surface area (Å²) in [7, 11) is 1.63. The highest BCUT2D eigenvalue weighted by molar-refractivity contribution is 5.81. The van der Waals surface area contributed by atoms with Gasteiger partial charge < -0.3 is 14.7 Å². The molecule has 1 aliphatic heterocycles. The van der Waals surface area contributed by atoms with E-state index in [0.717, 1.165) is 23.4 Å². The molecule has 1 aliphatic rings. The third-order valence-electron chi connectivity index (χ3n) is 4.22. The van der Waals surface area contributed by atoms with E-state index in [1.165, 1.54) is 0 Å². The Balaban J connectivity index is 2.66. The molecule has 0 radical (unpaired) electrons. The van der Waals surface area contributed by atoms with Crippen molar-refractivity contribution in [2.75, 3.05) is 12.0 Å². The first kappa shape index (κ1) is 14.7. The number of aliphatic carboxylic acids is 1. The number of fused-ring (bicyclic) bond motifs is 1. The molecule has 2 rings (SSSR count). The SMILES string of the molecule is COc1cccc2c1N([C@@H](C)C(=O)O)C(C)(C)C[C@H]2C. The predicted molar refractivity (Wildman–Crippen MR) is 79.7 cm³/mol. The molecule has 0 unspecified atom stereocenters. The molecule has 0 amide bonds. The first-order valence-corrected chi connectivity index (χ1v) is 6.98. The molecular formula is C16H23NO3. The summed E-state index contributed by atoms with van der Waals surface area (Å²) in [6.07, 6.45) is 0.921. The number of para-hydroxylation sites is 1. The van der Waals surface area contributed by atoms with E-state index in [4.69, 9.17) is 4.74 Å². The lowest BCUT2D eigenvalue weighted by atomic mass is 9.79. The molecule has 0 fully saturated rings. The third-order valence-corrected chi connectivity index (χ3v) is 4.22. The van der Waals surface area contributed by atoms with E-state index in [-0.39, 0.29) is 5.54 Å². The van der Waals surface area contributed by atoms with Crippen LogP contribution in [0.1, 0.15) is 45.6 Å². The zero-order chi connectivity index (χ0) is 15.1. The van der Waals surface area contributed by atoms with Gasteiger partial charge in [0.05, 0.1) is 12.8 Å². The molecule has 0 aromatic heterocycles. The molecule has 1 N–H and O–H groups in total. The number of carboxylic acid groups (broad SMARTS) is 1. The van der Waals surface area contributed by atoms with E-state index < -0.39 is 12.0 Å². The summed E-state index contributed by atoms with van der Waals surface area (Å²) in [6.45, 7) is 8.11. The number of benzene rings is 1. The van der Waals surface area contributed by atoms with Crippen molar-refractivity contribution in [2.45, 2.75) is 51.6 Å². The number of nitrogens with zero attached hydrogens (tertiary/aromatic N) is 1. The van der Waals surface area contributed by atoms with E-state index in [1.54, 1.807) is 14.0 Å². The number of carboxylic acids is 1. The van der Waals surface area contributed by atoms with E-state index in [9.17, 15) is 9.90 Å². The largest absolute Gasteiger partial charge is 0.495 e. The Hall–Kier alpha value is -1.71. The van der Waals surface area contributed by atoms with Gasteiger partial charge in [0.25, 0.3) is 0 Å². The fraction of sp³-hybridized carbons (Fsp3) is 0.562. The average Bonchev–Trinajstić information content (AvgIpc) is 2.36. The van der Waals surface area contributed by atoms with Crippen LogP contribution in [0.5, 0.6) is 5.75 Å². The minimum atomic E-state index is -0.815. The van der Waals surface area contributed by atoms with Gasteiger partial charge in [0, 0.05) is 5.54 Å². The van der Waals surface area contributed by atoms with Crippen LogP contribution in [-0.4, -0.2) is 29.8 Å². The number of rotatable bonds is 3. The van der Waals surface area contributed by atoms with Crippen molar-refractivity contribution < 1.29 is 14.6 Å². The number of ether oxygens (including phenoxy) is 1. The fourth-order valence-electron chi connectivity index (χ4n) is 3.45. The van der Waals surface area contributed by atoms with Gasteiger partial charge in [-0.2, -0.15) is 0 Å². The Labute approximate surface area is 120 Å². The van der Waals surface area contributed by atoms with E-state index in [1.807, 2.05) is 17.0 Å². The number of carbonyl (C=O) groups is 1. The maximum Gasteiger partial charge on any atom is 0.326 e. The predicted octanol–water partition coefficient (Wildman–Crippen LogP) is 3.26. The van der Waals surface area contributed by atoms with Gasteiger partial charge in [0.1, 0.15) is 11.8 Å². The van der Waals surface area contributed by atoms with Crippen LogP contribution in [-0.2, 0) is 4.79 Å². The minimum Gasteiger partial charge on any atom is -0.495 e. The van der Waals surface area contributed by atoms with Gasteiger partial charge in [0.2, 0.25) is 0 Å². The van der Waals surface area contributed by atoms with Gasteiger partial charge in [-0.05, 0) is 44.7 Å². The normalized spacial score (nSPS) is 22.1. The van der Waals surface area contributed by atoms with Gasteiger partial charge in [-0.25, -0.2) is 4.79 Å². The fourth-order valence-corrected chi connectivity index (χ4v) is 3.45. The second-order valence-electron chi connectivity index (χ2n) is 6.20. The lowest BCUT2D eigenvalue weighted by Crippen LogP contribution is -2.55. The molecule has 0 aliphatic carbocycles. The number of hydrogen-bond acceptors (Lipinski definition) is 3. The van der Waals surface area contributed by atoms with Gasteiger partial charge in [-0.3, -0.25) is 0 Å². The Kier molecular flexibility index (Phi) is 3.67. The van der Waals surface area contributed by atoms with E-state index in [0.29, 0.717) is 5.92 Å². The molecule has 4 nitrogen and oxygen atoms in total. The smallest absolute Gasteiger partial charge is 0.326 e. The van der Waals surface area contributed by atoms with Crippen molar-refractivity contribution in [2.24, 2.45) is 0 Å². The molecule has 0 saturated carbocycles. The quantitative estimate of drug-likeness (QED) is 0.921. The lowest BCUT2D eigenvalue weighted by molar-refractivity contribution is -0.138. The van der Waals surface area contributed by atoms with Crippen LogP contribution < -0.4 is 9.64 Å². The van der Waals surface area contributed by atoms with Crippen LogP contribution in [0.3, 0.4) is 0 Å². The van der Waals surface area contributed by atoms with Crippen molar-refractivity contribution in [3.63, 3.8) is 0 Å². The zero-order valence-electron chi connectivity index (χ0n) is 12.8. The number of hydrogen-bond donors (Lipinski definition) is 1. The van der Waals surface area contributed by atoms with Gasteiger partial charge in [-0.1, -0.05) is 19.1 Å². The monoisotopic (exact) mass is 277 g/mol. The first-order chi connectivity index (χ1) is 9.29. The summed E-state index contributed by atoms with van der Waals surface area (Å²) in [4.78, 5) is 13.5. The van der Waals surface area contributed by atoms with Crippen LogP contribution in [0.15, 0.2) is 18.2 Å². The molecular weight excluding hydrogens is 254 g/mol. The van der Waals surface area contributed by atoms with Crippen molar-refractivity contribution in [1.82, 2.24) is 0 Å². The molecule has 110 valence electrons. The molecule has 1 aromatic carbocycles. The van der Waals surface area contributed by atoms with Crippen molar-refractivity contribution in [1.29, 1.82) is 0 Å². The molecule has 1 aromatic rings. The molecule has 0 saturated heterocycles. The van der Waals surface area contributed by atoms with Gasteiger partial charge >= 0.3 is 5.97 Å². The van der Waals surface area contributed by atoms with Crippen LogP contribution in [0, 0.1) is 0 Å². The summed E-state index contributed by atoms with van der Waals surface area (Å²) < 4.78 is 5.48. The maximum absolute atomic E-state index is 11.5. The molecule has 0 bridgehead atoms. The van der Waals surface area contributed by atoms with Gasteiger partial charge in [-0.15, -0.1) is 0 Å². The standard InChI is InChI=1S/C16H23NO3/c1-10-9-16(3,4)17(11(2)15(18)19)14-12(10)7-6-8-13(14)20-5/h6-8,10-11H,9H2,1-5H3,(H,18,19)/t10-,11+/m1/s1. The molecule has 2 atom stereocenters. The molecule has 1 heterocycles. The lowest BCUT2D eigenvalue weighted by Gasteiger charge is -2.49. The molecule has 4 heteroatoms. The summed E-state index contributed by atoms with van der Waals surface area (Å²) in [5, 5.41) is 9.44. The van der Waals surface area contributed by atoms with Crippen LogP contribution in [0.2, 0.25) is 0 Å². The van der Waals surface area contributed by atoms with Crippen molar-refractivity contribution in [3.05, 3.63) is 23.8 Å². The minimum absolute atomic E-state index is 0.223. The number of anilines is 1. The van der Waals surface area contributed by atoms with E-state index in [2.05, 4.69) is 26.8 Å². The summed E-state index contributed by atoms with van der Waals surface area (Å²) >= 11 is 0. The highest BCUT2D eigenvalue weighted by atomic mass is 16.5.